The lowest BCUT2D eigenvalue weighted by molar-refractivity contribution is -0.137. The van der Waals surface area contributed by atoms with E-state index < -0.39 is 35.3 Å². The molecule has 0 radical (unpaired) electrons. The Hall–Kier alpha value is -2.51. The van der Waals surface area contributed by atoms with Crippen LogP contribution in [0.4, 0.5) is 14.5 Å². The van der Waals surface area contributed by atoms with Gasteiger partial charge in [0, 0.05) is 31.8 Å². The lowest BCUT2D eigenvalue weighted by atomic mass is 10.1. The Balaban J connectivity index is 2.13. The maximum Gasteiger partial charge on any atom is 0.237 e. The van der Waals surface area contributed by atoms with Gasteiger partial charge < -0.3 is 15.5 Å². The second-order valence-electron chi connectivity index (χ2n) is 5.19. The number of nitrogens with zero attached hydrogens (tertiary/aromatic N) is 2. The number of anilines is 1. The quantitative estimate of drug-likeness (QED) is 0.866. The molecule has 1 fully saturated rings. The molecule has 1 aliphatic heterocycles. The third-order valence-corrected chi connectivity index (χ3v) is 3.40. The molecule has 0 aromatic heterocycles. The molecule has 1 aromatic rings. The molecule has 0 spiro atoms. The Morgan fingerprint density at radius 2 is 1.91 bits per heavy atom. The van der Waals surface area contributed by atoms with Crippen molar-refractivity contribution in [3.63, 3.8) is 0 Å². The van der Waals surface area contributed by atoms with E-state index in [0.29, 0.717) is 6.07 Å². The summed E-state index contributed by atoms with van der Waals surface area (Å²) in [6.07, 6.45) is -0.0833. The Bertz CT molecular complexity index is 616. The third kappa shape index (κ3) is 3.38. The van der Waals surface area contributed by atoms with Crippen LogP contribution in [0.1, 0.15) is 6.42 Å². The molecular weight excluding hydrogens is 296 g/mol. The molecule has 0 unspecified atom stereocenters. The van der Waals surface area contributed by atoms with E-state index in [0.717, 1.165) is 21.9 Å². The fourth-order valence-electron chi connectivity index (χ4n) is 2.44. The van der Waals surface area contributed by atoms with Gasteiger partial charge in [-0.15, -0.1) is 0 Å². The van der Waals surface area contributed by atoms with Gasteiger partial charge in [0.25, 0.3) is 0 Å². The molecule has 2 rings (SSSR count). The molecule has 22 heavy (non-hydrogen) atoms. The third-order valence-electron chi connectivity index (χ3n) is 3.40. The van der Waals surface area contributed by atoms with Crippen molar-refractivity contribution in [1.82, 2.24) is 4.90 Å². The molecular formula is C14H15F2N3O3. The zero-order valence-corrected chi connectivity index (χ0v) is 11.9. The van der Waals surface area contributed by atoms with E-state index in [-0.39, 0.29) is 25.2 Å². The zero-order valence-electron chi connectivity index (χ0n) is 11.9. The number of benzene rings is 1. The lowest BCUT2D eigenvalue weighted by Crippen LogP contribution is -2.39. The standard InChI is InChI=1S/C14H15F2N3O3/c1-18(7-12(17)20)14(22)8-2-13(21)19(6-8)11-4-9(15)3-10(16)5-11/h3-5,8H,2,6-7H2,1H3,(H2,17,20)/t8-/m1/s1. The molecule has 3 amide bonds. The summed E-state index contributed by atoms with van der Waals surface area (Å²) in [5, 5.41) is 0. The number of carbonyl (C=O) groups is 3. The molecule has 118 valence electrons. The summed E-state index contributed by atoms with van der Waals surface area (Å²) in [5.74, 6) is -3.76. The summed E-state index contributed by atoms with van der Waals surface area (Å²) in [6.45, 7) is -0.248. The molecule has 1 atom stereocenters. The predicted molar refractivity (Wildman–Crippen MR) is 73.6 cm³/mol. The molecule has 1 aliphatic rings. The molecule has 1 saturated heterocycles. The summed E-state index contributed by atoms with van der Waals surface area (Å²) in [7, 11) is 1.40. The van der Waals surface area contributed by atoms with Crippen LogP contribution in [0.3, 0.4) is 0 Å². The van der Waals surface area contributed by atoms with Crippen LogP contribution in [0.15, 0.2) is 18.2 Å². The summed E-state index contributed by atoms with van der Waals surface area (Å²) in [4.78, 5) is 37.2. The zero-order chi connectivity index (χ0) is 16.4. The van der Waals surface area contributed by atoms with Gasteiger partial charge in [-0.25, -0.2) is 8.78 Å². The molecule has 1 heterocycles. The number of carbonyl (C=O) groups excluding carboxylic acids is 3. The van der Waals surface area contributed by atoms with Crippen molar-refractivity contribution >= 4 is 23.4 Å². The highest BCUT2D eigenvalue weighted by molar-refractivity contribution is 6.00. The van der Waals surface area contributed by atoms with Gasteiger partial charge in [-0.3, -0.25) is 14.4 Å². The minimum Gasteiger partial charge on any atom is -0.368 e. The van der Waals surface area contributed by atoms with Crippen LogP contribution < -0.4 is 10.6 Å². The van der Waals surface area contributed by atoms with Gasteiger partial charge in [-0.1, -0.05) is 0 Å². The van der Waals surface area contributed by atoms with Crippen LogP contribution in [0.25, 0.3) is 0 Å². The average molecular weight is 311 g/mol. The number of halogens is 2. The van der Waals surface area contributed by atoms with E-state index in [2.05, 4.69) is 0 Å². The second kappa shape index (κ2) is 6.08. The molecule has 0 aliphatic carbocycles. The fraction of sp³-hybridized carbons (Fsp3) is 0.357. The summed E-state index contributed by atoms with van der Waals surface area (Å²) in [6, 6.07) is 2.76. The SMILES string of the molecule is CN(CC(N)=O)C(=O)[C@@H]1CC(=O)N(c2cc(F)cc(F)c2)C1. The van der Waals surface area contributed by atoms with E-state index in [1.165, 1.54) is 7.05 Å². The smallest absolute Gasteiger partial charge is 0.237 e. The molecule has 1 aromatic carbocycles. The van der Waals surface area contributed by atoms with Gasteiger partial charge in [0.2, 0.25) is 17.7 Å². The molecule has 8 heteroatoms. The molecule has 6 nitrogen and oxygen atoms in total. The number of nitrogens with two attached hydrogens (primary N) is 1. The van der Waals surface area contributed by atoms with Crippen LogP contribution in [0.2, 0.25) is 0 Å². The Kier molecular flexibility index (Phi) is 4.39. The first kappa shape index (κ1) is 15.9. The van der Waals surface area contributed by atoms with Gasteiger partial charge >= 0.3 is 0 Å². The molecule has 0 saturated carbocycles. The van der Waals surface area contributed by atoms with Gasteiger partial charge in [0.05, 0.1) is 12.5 Å². The first-order valence-electron chi connectivity index (χ1n) is 6.57. The lowest BCUT2D eigenvalue weighted by Gasteiger charge is -2.20. The Labute approximate surface area is 125 Å². The van der Waals surface area contributed by atoms with Gasteiger partial charge in [-0.2, -0.15) is 0 Å². The monoisotopic (exact) mass is 311 g/mol. The van der Waals surface area contributed by atoms with Crippen LogP contribution in [-0.4, -0.2) is 42.8 Å². The summed E-state index contributed by atoms with van der Waals surface area (Å²) in [5.41, 5.74) is 5.08. The number of primary amides is 1. The maximum atomic E-state index is 13.2. The van der Waals surface area contributed by atoms with Crippen molar-refractivity contribution in [3.8, 4) is 0 Å². The van der Waals surface area contributed by atoms with Crippen molar-refractivity contribution in [2.24, 2.45) is 11.7 Å². The van der Waals surface area contributed by atoms with Crippen molar-refractivity contribution in [3.05, 3.63) is 29.8 Å². The van der Waals surface area contributed by atoms with Crippen molar-refractivity contribution in [2.75, 3.05) is 25.0 Å². The van der Waals surface area contributed by atoms with E-state index in [9.17, 15) is 23.2 Å². The minimum absolute atomic E-state index is 0.00363. The fourth-order valence-corrected chi connectivity index (χ4v) is 2.44. The first-order chi connectivity index (χ1) is 10.3. The van der Waals surface area contributed by atoms with Gasteiger partial charge in [0.1, 0.15) is 11.6 Å². The predicted octanol–water partition coefficient (Wildman–Crippen LogP) is 0.261. The number of hydrogen-bond donors (Lipinski definition) is 1. The number of likely N-dealkylation sites (N-methyl/N-ethyl adjacent to an activating group) is 1. The average Bonchev–Trinajstić information content (AvgIpc) is 2.78. The van der Waals surface area contributed by atoms with E-state index in [1.807, 2.05) is 0 Å². The van der Waals surface area contributed by atoms with Gasteiger partial charge in [-0.05, 0) is 12.1 Å². The summed E-state index contributed by atoms with van der Waals surface area (Å²) < 4.78 is 26.5. The minimum atomic E-state index is -0.802. The number of amides is 3. The highest BCUT2D eigenvalue weighted by Gasteiger charge is 2.36. The number of hydrogen-bond acceptors (Lipinski definition) is 3. The Morgan fingerprint density at radius 3 is 2.45 bits per heavy atom. The van der Waals surface area contributed by atoms with Crippen LogP contribution in [0, 0.1) is 17.6 Å². The van der Waals surface area contributed by atoms with Crippen molar-refractivity contribution < 1.29 is 23.2 Å². The second-order valence-corrected chi connectivity index (χ2v) is 5.19. The van der Waals surface area contributed by atoms with E-state index in [1.54, 1.807) is 0 Å². The first-order valence-corrected chi connectivity index (χ1v) is 6.57. The highest BCUT2D eigenvalue weighted by Crippen LogP contribution is 2.27. The highest BCUT2D eigenvalue weighted by atomic mass is 19.1. The molecule has 2 N–H and O–H groups in total. The van der Waals surface area contributed by atoms with Gasteiger partial charge in [0.15, 0.2) is 0 Å². The Morgan fingerprint density at radius 1 is 1.32 bits per heavy atom. The van der Waals surface area contributed by atoms with Crippen LogP contribution >= 0.6 is 0 Å². The molecule has 0 bridgehead atoms. The van der Waals surface area contributed by atoms with Crippen LogP contribution in [0.5, 0.6) is 0 Å². The topological polar surface area (TPSA) is 83.7 Å². The number of rotatable bonds is 4. The van der Waals surface area contributed by atoms with E-state index in [4.69, 9.17) is 5.73 Å². The van der Waals surface area contributed by atoms with Crippen LogP contribution in [-0.2, 0) is 14.4 Å². The largest absolute Gasteiger partial charge is 0.368 e. The van der Waals surface area contributed by atoms with Crippen molar-refractivity contribution in [1.29, 1.82) is 0 Å². The summed E-state index contributed by atoms with van der Waals surface area (Å²) >= 11 is 0. The normalized spacial score (nSPS) is 17.7. The van der Waals surface area contributed by atoms with E-state index >= 15 is 0 Å². The maximum absolute atomic E-state index is 13.2. The van der Waals surface area contributed by atoms with Crippen molar-refractivity contribution in [2.45, 2.75) is 6.42 Å².